The Balaban J connectivity index is 2.18. The first-order valence-electron chi connectivity index (χ1n) is 5.77. The molecular formula is C14H18N2S. The summed E-state index contributed by atoms with van der Waals surface area (Å²) in [5.41, 5.74) is 8.06. The molecule has 1 heterocycles. The number of likely N-dealkylation sites (N-methyl/N-ethyl adjacent to an activating group) is 1. The zero-order valence-corrected chi connectivity index (χ0v) is 11.1. The molecule has 0 radical (unpaired) electrons. The molecule has 3 N–H and O–H groups in total. The topological polar surface area (TPSA) is 38.0 Å². The minimum atomic E-state index is 0.346. The number of rotatable bonds is 4. The number of hydrogen-bond acceptors (Lipinski definition) is 3. The molecule has 0 aliphatic rings. The van der Waals surface area contributed by atoms with Crippen molar-refractivity contribution in [3.8, 4) is 0 Å². The molecular weight excluding hydrogens is 228 g/mol. The molecule has 1 atom stereocenters. The highest BCUT2D eigenvalue weighted by atomic mass is 32.1. The van der Waals surface area contributed by atoms with Crippen LogP contribution in [0.25, 0.3) is 0 Å². The quantitative estimate of drug-likeness (QED) is 0.813. The number of benzene rings is 1. The largest absolute Gasteiger partial charge is 0.399 e. The molecule has 2 rings (SSSR count). The van der Waals surface area contributed by atoms with Crippen LogP contribution in [0.5, 0.6) is 0 Å². The highest BCUT2D eigenvalue weighted by Gasteiger charge is 2.13. The maximum Gasteiger partial charge on any atom is 0.0454 e. The molecule has 2 aromatic rings. The second-order valence-corrected chi connectivity index (χ2v) is 5.51. The third-order valence-electron chi connectivity index (χ3n) is 2.93. The van der Waals surface area contributed by atoms with E-state index in [4.69, 9.17) is 5.73 Å². The number of hydrogen-bond donors (Lipinski definition) is 2. The van der Waals surface area contributed by atoms with Crippen LogP contribution in [-0.2, 0) is 6.42 Å². The third kappa shape index (κ3) is 2.87. The zero-order valence-electron chi connectivity index (χ0n) is 10.2. The minimum absolute atomic E-state index is 0.346. The van der Waals surface area contributed by atoms with Crippen molar-refractivity contribution in [2.75, 3.05) is 12.8 Å². The fourth-order valence-electron chi connectivity index (χ4n) is 1.93. The molecule has 0 spiro atoms. The van der Waals surface area contributed by atoms with E-state index in [0.29, 0.717) is 6.04 Å². The lowest BCUT2D eigenvalue weighted by Gasteiger charge is -2.15. The Labute approximate surface area is 106 Å². The van der Waals surface area contributed by atoms with Gasteiger partial charge in [0.1, 0.15) is 0 Å². The van der Waals surface area contributed by atoms with E-state index in [1.807, 2.05) is 36.6 Å². The van der Waals surface area contributed by atoms with Gasteiger partial charge in [-0.3, -0.25) is 0 Å². The summed E-state index contributed by atoms with van der Waals surface area (Å²) < 4.78 is 0. The van der Waals surface area contributed by atoms with E-state index in [1.54, 1.807) is 0 Å². The number of anilines is 1. The van der Waals surface area contributed by atoms with E-state index in [1.165, 1.54) is 15.3 Å². The summed E-state index contributed by atoms with van der Waals surface area (Å²) >= 11 is 1.84. The average molecular weight is 246 g/mol. The van der Waals surface area contributed by atoms with E-state index in [2.05, 4.69) is 30.4 Å². The first kappa shape index (κ1) is 12.1. The van der Waals surface area contributed by atoms with E-state index in [9.17, 15) is 0 Å². The number of nitrogens with two attached hydrogens (primary N) is 1. The number of para-hydroxylation sites is 1. The Kier molecular flexibility index (Phi) is 3.82. The monoisotopic (exact) mass is 246 g/mol. The standard InChI is InChI=1S/C14H18N2S/c1-10-7-8-14(17-10)13(16-2)9-11-5-3-4-6-12(11)15/h3-8,13,16H,9,15H2,1-2H3/t13-/m0/s1. The SMILES string of the molecule is CN[C@@H](Cc1ccccc1N)c1ccc(C)s1. The number of nitrogen functional groups attached to an aromatic ring is 1. The van der Waals surface area contributed by atoms with Gasteiger partial charge in [-0.15, -0.1) is 11.3 Å². The molecule has 1 aromatic carbocycles. The highest BCUT2D eigenvalue weighted by Crippen LogP contribution is 2.26. The van der Waals surface area contributed by atoms with Gasteiger partial charge in [-0.25, -0.2) is 0 Å². The number of aryl methyl sites for hydroxylation is 1. The fraction of sp³-hybridized carbons (Fsp3) is 0.286. The lowest BCUT2D eigenvalue weighted by molar-refractivity contribution is 0.603. The van der Waals surface area contributed by atoms with Gasteiger partial charge in [0.25, 0.3) is 0 Å². The summed E-state index contributed by atoms with van der Waals surface area (Å²) in [6, 6.07) is 12.8. The summed E-state index contributed by atoms with van der Waals surface area (Å²) in [4.78, 5) is 2.72. The van der Waals surface area contributed by atoms with Gasteiger partial charge < -0.3 is 11.1 Å². The molecule has 0 amide bonds. The molecule has 90 valence electrons. The van der Waals surface area contributed by atoms with Crippen LogP contribution in [-0.4, -0.2) is 7.05 Å². The molecule has 0 aliphatic heterocycles. The Morgan fingerprint density at radius 3 is 2.59 bits per heavy atom. The van der Waals surface area contributed by atoms with Crippen LogP contribution in [0.3, 0.4) is 0 Å². The summed E-state index contributed by atoms with van der Waals surface area (Å²) in [7, 11) is 2.00. The summed E-state index contributed by atoms with van der Waals surface area (Å²) in [6.45, 7) is 2.14. The van der Waals surface area contributed by atoms with Crippen molar-refractivity contribution in [3.05, 3.63) is 51.7 Å². The fourth-order valence-corrected chi connectivity index (χ4v) is 2.91. The Bertz CT molecular complexity index is 490. The molecule has 0 bridgehead atoms. The van der Waals surface area contributed by atoms with Crippen LogP contribution in [0.2, 0.25) is 0 Å². The predicted molar refractivity (Wildman–Crippen MR) is 75.4 cm³/mol. The van der Waals surface area contributed by atoms with Gasteiger partial charge in [0, 0.05) is 21.5 Å². The second kappa shape index (κ2) is 5.34. The minimum Gasteiger partial charge on any atom is -0.399 e. The molecule has 2 nitrogen and oxygen atoms in total. The molecule has 0 saturated carbocycles. The van der Waals surface area contributed by atoms with Gasteiger partial charge in [-0.2, -0.15) is 0 Å². The van der Waals surface area contributed by atoms with E-state index in [0.717, 1.165) is 12.1 Å². The van der Waals surface area contributed by atoms with Crippen molar-refractivity contribution in [1.82, 2.24) is 5.32 Å². The third-order valence-corrected chi connectivity index (χ3v) is 4.05. The average Bonchev–Trinajstić information content (AvgIpc) is 2.75. The molecule has 0 unspecified atom stereocenters. The smallest absolute Gasteiger partial charge is 0.0454 e. The van der Waals surface area contributed by atoms with Crippen LogP contribution in [0.4, 0.5) is 5.69 Å². The normalized spacial score (nSPS) is 12.6. The maximum atomic E-state index is 5.98. The summed E-state index contributed by atoms with van der Waals surface area (Å²) in [5.74, 6) is 0. The van der Waals surface area contributed by atoms with Crippen molar-refractivity contribution in [1.29, 1.82) is 0 Å². The van der Waals surface area contributed by atoms with Crippen molar-refractivity contribution in [2.45, 2.75) is 19.4 Å². The van der Waals surface area contributed by atoms with Crippen LogP contribution >= 0.6 is 11.3 Å². The molecule has 0 aliphatic carbocycles. The van der Waals surface area contributed by atoms with Crippen molar-refractivity contribution in [2.24, 2.45) is 0 Å². The number of thiophene rings is 1. The molecule has 0 saturated heterocycles. The van der Waals surface area contributed by atoms with Gasteiger partial charge in [0.05, 0.1) is 0 Å². The van der Waals surface area contributed by atoms with Gasteiger partial charge >= 0.3 is 0 Å². The summed E-state index contributed by atoms with van der Waals surface area (Å²) in [6.07, 6.45) is 0.934. The van der Waals surface area contributed by atoms with E-state index >= 15 is 0 Å². The predicted octanol–water partition coefficient (Wildman–Crippen LogP) is 3.14. The van der Waals surface area contributed by atoms with Crippen LogP contribution in [0, 0.1) is 6.92 Å². The van der Waals surface area contributed by atoms with E-state index < -0.39 is 0 Å². The van der Waals surface area contributed by atoms with Gasteiger partial charge in [-0.1, -0.05) is 18.2 Å². The number of nitrogens with one attached hydrogen (secondary N) is 1. The lowest BCUT2D eigenvalue weighted by atomic mass is 10.0. The Hall–Kier alpha value is -1.32. The Morgan fingerprint density at radius 1 is 1.24 bits per heavy atom. The Morgan fingerprint density at radius 2 is 2.00 bits per heavy atom. The van der Waals surface area contributed by atoms with Gasteiger partial charge in [0.2, 0.25) is 0 Å². The van der Waals surface area contributed by atoms with Crippen molar-refractivity contribution >= 4 is 17.0 Å². The second-order valence-electron chi connectivity index (χ2n) is 4.19. The first-order valence-corrected chi connectivity index (χ1v) is 6.59. The molecule has 1 aromatic heterocycles. The van der Waals surface area contributed by atoms with Crippen LogP contribution in [0.15, 0.2) is 36.4 Å². The summed E-state index contributed by atoms with van der Waals surface area (Å²) in [5, 5.41) is 3.36. The van der Waals surface area contributed by atoms with Crippen LogP contribution in [0.1, 0.15) is 21.4 Å². The van der Waals surface area contributed by atoms with Gasteiger partial charge in [0.15, 0.2) is 0 Å². The molecule has 17 heavy (non-hydrogen) atoms. The molecule has 0 fully saturated rings. The zero-order chi connectivity index (χ0) is 12.3. The van der Waals surface area contributed by atoms with Crippen LogP contribution < -0.4 is 11.1 Å². The molecule has 3 heteroatoms. The lowest BCUT2D eigenvalue weighted by Crippen LogP contribution is -2.18. The van der Waals surface area contributed by atoms with Crippen molar-refractivity contribution in [3.63, 3.8) is 0 Å². The van der Waals surface area contributed by atoms with E-state index in [-0.39, 0.29) is 0 Å². The highest BCUT2D eigenvalue weighted by molar-refractivity contribution is 7.12. The van der Waals surface area contributed by atoms with Crippen molar-refractivity contribution < 1.29 is 0 Å². The maximum absolute atomic E-state index is 5.98. The first-order chi connectivity index (χ1) is 8.20. The van der Waals surface area contributed by atoms with Gasteiger partial charge in [-0.05, 0) is 44.2 Å².